The number of nitrogens with one attached hydrogen (secondary N) is 1. The molecule has 0 aliphatic carbocycles. The van der Waals surface area contributed by atoms with E-state index in [1.54, 1.807) is 0 Å². The number of esters is 1. The fourth-order valence-electron chi connectivity index (χ4n) is 1.80. The normalized spacial score (nSPS) is 31.6. The zero-order valence-electron chi connectivity index (χ0n) is 7.13. The number of ether oxygens (including phenoxy) is 2. The average Bonchev–Trinajstić information content (AvgIpc) is 2.46. The fourth-order valence-corrected chi connectivity index (χ4v) is 1.80. The van der Waals surface area contributed by atoms with Crippen LogP contribution in [0.1, 0.15) is 6.42 Å². The van der Waals surface area contributed by atoms with Gasteiger partial charge < -0.3 is 14.8 Å². The van der Waals surface area contributed by atoms with Crippen LogP contribution in [0.4, 0.5) is 0 Å². The molecule has 2 aliphatic heterocycles. The molecule has 0 amide bonds. The van der Waals surface area contributed by atoms with Crippen molar-refractivity contribution in [2.75, 3.05) is 26.8 Å². The second-order valence-corrected chi connectivity index (χ2v) is 3.63. The van der Waals surface area contributed by atoms with Gasteiger partial charge >= 0.3 is 5.97 Å². The number of carbonyl (C=O) groups is 1. The summed E-state index contributed by atoms with van der Waals surface area (Å²) in [4.78, 5) is 11.1. The van der Waals surface area contributed by atoms with Crippen molar-refractivity contribution in [2.45, 2.75) is 12.5 Å². The lowest BCUT2D eigenvalue weighted by Crippen LogP contribution is -2.54. The van der Waals surface area contributed by atoms with E-state index >= 15 is 0 Å². The molecule has 4 heteroatoms. The Balaban J connectivity index is 1.93. The highest BCUT2D eigenvalue weighted by Crippen LogP contribution is 2.36. The van der Waals surface area contributed by atoms with Crippen LogP contribution in [0.5, 0.6) is 0 Å². The minimum absolute atomic E-state index is 0.235. The molecule has 0 saturated carbocycles. The van der Waals surface area contributed by atoms with Gasteiger partial charge in [0.2, 0.25) is 0 Å². The third kappa shape index (κ3) is 1.11. The summed E-state index contributed by atoms with van der Waals surface area (Å²) in [5.74, 6) is -0.237. The van der Waals surface area contributed by atoms with Crippen molar-refractivity contribution in [1.82, 2.24) is 5.32 Å². The maximum Gasteiger partial charge on any atom is 0.334 e. The Morgan fingerprint density at radius 3 is 2.83 bits per heavy atom. The zero-order chi connectivity index (χ0) is 8.60. The van der Waals surface area contributed by atoms with E-state index in [1.165, 1.54) is 7.11 Å². The molecule has 1 spiro atoms. The predicted molar refractivity (Wildman–Crippen MR) is 41.7 cm³/mol. The SMILES string of the molecule is COC(=O)[C@@H]1CC2(CNC2)CO1. The van der Waals surface area contributed by atoms with Gasteiger partial charge in [0.05, 0.1) is 13.7 Å². The van der Waals surface area contributed by atoms with Crippen LogP contribution in [-0.2, 0) is 14.3 Å². The van der Waals surface area contributed by atoms with Gasteiger partial charge in [-0.25, -0.2) is 4.79 Å². The molecule has 0 radical (unpaired) electrons. The Bertz CT molecular complexity index is 200. The van der Waals surface area contributed by atoms with Crippen molar-refractivity contribution >= 4 is 5.97 Å². The number of methoxy groups -OCH3 is 1. The van der Waals surface area contributed by atoms with E-state index in [4.69, 9.17) is 4.74 Å². The van der Waals surface area contributed by atoms with Gasteiger partial charge in [-0.2, -0.15) is 0 Å². The molecule has 2 saturated heterocycles. The smallest absolute Gasteiger partial charge is 0.334 e. The zero-order valence-corrected chi connectivity index (χ0v) is 7.13. The summed E-state index contributed by atoms with van der Waals surface area (Å²) >= 11 is 0. The minimum Gasteiger partial charge on any atom is -0.467 e. The predicted octanol–water partition coefficient (Wildman–Crippen LogP) is -0.462. The number of carbonyl (C=O) groups excluding carboxylic acids is 1. The van der Waals surface area contributed by atoms with E-state index in [1.807, 2.05) is 0 Å². The van der Waals surface area contributed by atoms with Gasteiger partial charge in [0.15, 0.2) is 6.10 Å². The monoisotopic (exact) mass is 171 g/mol. The first kappa shape index (κ1) is 8.01. The highest BCUT2D eigenvalue weighted by Gasteiger charge is 2.47. The van der Waals surface area contributed by atoms with Gasteiger partial charge in [-0.1, -0.05) is 0 Å². The molecule has 4 nitrogen and oxygen atoms in total. The van der Waals surface area contributed by atoms with Gasteiger partial charge in [0, 0.05) is 18.5 Å². The molecule has 2 rings (SSSR count). The molecule has 0 unspecified atom stereocenters. The molecule has 1 atom stereocenters. The van der Waals surface area contributed by atoms with Crippen LogP contribution in [-0.4, -0.2) is 38.9 Å². The van der Waals surface area contributed by atoms with Crippen LogP contribution in [0.3, 0.4) is 0 Å². The van der Waals surface area contributed by atoms with Crippen molar-refractivity contribution in [3.8, 4) is 0 Å². The molecule has 68 valence electrons. The first-order valence-electron chi connectivity index (χ1n) is 4.16. The van der Waals surface area contributed by atoms with Crippen molar-refractivity contribution in [3.05, 3.63) is 0 Å². The van der Waals surface area contributed by atoms with Crippen LogP contribution in [0.15, 0.2) is 0 Å². The van der Waals surface area contributed by atoms with Crippen LogP contribution >= 0.6 is 0 Å². The standard InChI is InChI=1S/C8H13NO3/c1-11-7(10)6-2-8(5-12-6)3-9-4-8/h6,9H,2-5H2,1H3/t6-/m0/s1. The van der Waals surface area contributed by atoms with Crippen molar-refractivity contribution in [3.63, 3.8) is 0 Å². The fraction of sp³-hybridized carbons (Fsp3) is 0.875. The third-order valence-corrected chi connectivity index (χ3v) is 2.67. The lowest BCUT2D eigenvalue weighted by molar-refractivity contribution is -0.151. The Hall–Kier alpha value is -0.610. The van der Waals surface area contributed by atoms with Crippen molar-refractivity contribution in [2.24, 2.45) is 5.41 Å². The summed E-state index contributed by atoms with van der Waals surface area (Å²) in [7, 11) is 1.40. The Morgan fingerprint density at radius 1 is 1.67 bits per heavy atom. The van der Waals surface area contributed by atoms with Gasteiger partial charge in [0.1, 0.15) is 0 Å². The molecule has 0 bridgehead atoms. The van der Waals surface area contributed by atoms with Gasteiger partial charge in [-0.3, -0.25) is 0 Å². The molecule has 1 N–H and O–H groups in total. The largest absolute Gasteiger partial charge is 0.467 e. The molecule has 0 aromatic rings. The molecular weight excluding hydrogens is 158 g/mol. The maximum absolute atomic E-state index is 11.1. The third-order valence-electron chi connectivity index (χ3n) is 2.67. The van der Waals surface area contributed by atoms with E-state index in [2.05, 4.69) is 10.1 Å². The highest BCUT2D eigenvalue weighted by molar-refractivity contribution is 5.75. The maximum atomic E-state index is 11.1. The quantitative estimate of drug-likeness (QED) is 0.542. The summed E-state index contributed by atoms with van der Waals surface area (Å²) in [6.07, 6.45) is 0.490. The first-order chi connectivity index (χ1) is 5.76. The highest BCUT2D eigenvalue weighted by atomic mass is 16.6. The Kier molecular flexibility index (Phi) is 1.81. The molecule has 0 aromatic heterocycles. The molecule has 0 aromatic carbocycles. The van der Waals surface area contributed by atoms with Gasteiger partial charge in [0.25, 0.3) is 0 Å². The number of hydrogen-bond donors (Lipinski definition) is 1. The molecule has 2 fully saturated rings. The van der Waals surface area contributed by atoms with Crippen LogP contribution < -0.4 is 5.32 Å². The number of rotatable bonds is 1. The second kappa shape index (κ2) is 2.71. The van der Waals surface area contributed by atoms with E-state index in [9.17, 15) is 4.79 Å². The lowest BCUT2D eigenvalue weighted by atomic mass is 9.80. The lowest BCUT2D eigenvalue weighted by Gasteiger charge is -2.37. The van der Waals surface area contributed by atoms with Crippen LogP contribution in [0, 0.1) is 5.41 Å². The van der Waals surface area contributed by atoms with E-state index in [0.717, 1.165) is 19.5 Å². The topological polar surface area (TPSA) is 47.6 Å². The van der Waals surface area contributed by atoms with E-state index in [-0.39, 0.29) is 17.5 Å². The minimum atomic E-state index is -0.322. The first-order valence-corrected chi connectivity index (χ1v) is 4.16. The van der Waals surface area contributed by atoms with Crippen LogP contribution in [0.25, 0.3) is 0 Å². The molecule has 2 aliphatic rings. The second-order valence-electron chi connectivity index (χ2n) is 3.63. The van der Waals surface area contributed by atoms with Crippen molar-refractivity contribution < 1.29 is 14.3 Å². The summed E-state index contributed by atoms with van der Waals surface area (Å²) in [6.45, 7) is 2.64. The van der Waals surface area contributed by atoms with Crippen molar-refractivity contribution in [1.29, 1.82) is 0 Å². The van der Waals surface area contributed by atoms with Gasteiger partial charge in [-0.05, 0) is 6.42 Å². The average molecular weight is 171 g/mol. The Morgan fingerprint density at radius 2 is 2.42 bits per heavy atom. The van der Waals surface area contributed by atoms with E-state index < -0.39 is 0 Å². The summed E-state index contributed by atoms with van der Waals surface area (Å²) in [6, 6.07) is 0. The van der Waals surface area contributed by atoms with Crippen LogP contribution in [0.2, 0.25) is 0 Å². The van der Waals surface area contributed by atoms with Gasteiger partial charge in [-0.15, -0.1) is 0 Å². The summed E-state index contributed by atoms with van der Waals surface area (Å²) in [5.41, 5.74) is 0.235. The Labute approximate surface area is 71.2 Å². The summed E-state index contributed by atoms with van der Waals surface area (Å²) < 4.78 is 9.96. The molecular formula is C8H13NO3. The molecule has 2 heterocycles. The molecule has 12 heavy (non-hydrogen) atoms. The summed E-state index contributed by atoms with van der Waals surface area (Å²) in [5, 5.41) is 3.19. The number of hydrogen-bond acceptors (Lipinski definition) is 4. The van der Waals surface area contributed by atoms with E-state index in [0.29, 0.717) is 6.61 Å².